The van der Waals surface area contributed by atoms with E-state index in [-0.39, 0.29) is 0 Å². The molecule has 134 valence electrons. The Hall–Kier alpha value is -2.12. The Morgan fingerprint density at radius 1 is 1.28 bits per heavy atom. The summed E-state index contributed by atoms with van der Waals surface area (Å²) < 4.78 is 4.89. The van der Waals surface area contributed by atoms with Crippen LogP contribution in [0, 0.1) is 0 Å². The van der Waals surface area contributed by atoms with Gasteiger partial charge < -0.3 is 14.7 Å². The zero-order valence-electron chi connectivity index (χ0n) is 14.4. The number of piperazine rings is 1. The van der Waals surface area contributed by atoms with E-state index in [1.54, 1.807) is 6.26 Å². The fourth-order valence-electron chi connectivity index (χ4n) is 2.87. The topological polar surface area (TPSA) is 69.8 Å². The second kappa shape index (κ2) is 8.82. The minimum atomic E-state index is 0.524. The standard InChI is InChI=1S/C17H23ClN6O/c1-19-17(20-6-4-14-2-3-16(18)21-12-14)24-9-7-23(8-10-24)13-15-5-11-25-22-15/h2-3,5,11-12H,4,6-10,13H2,1H3,(H,19,20). The number of halogens is 1. The molecule has 0 radical (unpaired) electrons. The number of aromatic nitrogens is 2. The third-order valence-electron chi connectivity index (χ3n) is 4.25. The van der Waals surface area contributed by atoms with E-state index < -0.39 is 0 Å². The molecule has 0 spiro atoms. The molecule has 1 fully saturated rings. The van der Waals surface area contributed by atoms with Crippen molar-refractivity contribution >= 4 is 17.6 Å². The van der Waals surface area contributed by atoms with Crippen LogP contribution in [0.15, 0.2) is 40.2 Å². The Morgan fingerprint density at radius 3 is 2.76 bits per heavy atom. The van der Waals surface area contributed by atoms with Crippen LogP contribution in [-0.2, 0) is 13.0 Å². The molecule has 8 heteroatoms. The molecular formula is C17H23ClN6O. The molecule has 0 saturated carbocycles. The minimum absolute atomic E-state index is 0.524. The number of guanidine groups is 1. The Bertz CT molecular complexity index is 665. The molecule has 1 N–H and O–H groups in total. The smallest absolute Gasteiger partial charge is 0.193 e. The van der Waals surface area contributed by atoms with Crippen LogP contribution in [-0.4, -0.2) is 65.7 Å². The van der Waals surface area contributed by atoms with Gasteiger partial charge in [-0.05, 0) is 18.1 Å². The zero-order chi connectivity index (χ0) is 17.5. The Morgan fingerprint density at radius 2 is 2.12 bits per heavy atom. The molecule has 0 amide bonds. The van der Waals surface area contributed by atoms with Crippen LogP contribution in [0.1, 0.15) is 11.3 Å². The lowest BCUT2D eigenvalue weighted by Crippen LogP contribution is -2.52. The first-order valence-electron chi connectivity index (χ1n) is 8.42. The van der Waals surface area contributed by atoms with E-state index in [4.69, 9.17) is 16.1 Å². The van der Waals surface area contributed by atoms with Crippen LogP contribution in [0.5, 0.6) is 0 Å². The van der Waals surface area contributed by atoms with E-state index >= 15 is 0 Å². The zero-order valence-corrected chi connectivity index (χ0v) is 15.1. The van der Waals surface area contributed by atoms with Gasteiger partial charge in [0, 0.05) is 58.6 Å². The predicted molar refractivity (Wildman–Crippen MR) is 97.7 cm³/mol. The van der Waals surface area contributed by atoms with E-state index in [2.05, 4.69) is 30.2 Å². The van der Waals surface area contributed by atoms with Gasteiger partial charge in [0.1, 0.15) is 11.4 Å². The lowest BCUT2D eigenvalue weighted by molar-refractivity contribution is 0.169. The Labute approximate surface area is 152 Å². The van der Waals surface area contributed by atoms with Crippen molar-refractivity contribution in [2.24, 2.45) is 4.99 Å². The summed E-state index contributed by atoms with van der Waals surface area (Å²) >= 11 is 5.81. The molecule has 0 atom stereocenters. The second-order valence-corrected chi connectivity index (χ2v) is 6.35. The SMILES string of the molecule is CN=C(NCCc1ccc(Cl)nc1)N1CCN(Cc2ccon2)CC1. The third kappa shape index (κ3) is 5.17. The van der Waals surface area contributed by atoms with Crippen molar-refractivity contribution < 1.29 is 4.52 Å². The highest BCUT2D eigenvalue weighted by Gasteiger charge is 2.20. The number of nitrogens with zero attached hydrogens (tertiary/aromatic N) is 5. The molecule has 3 rings (SSSR count). The van der Waals surface area contributed by atoms with Crippen LogP contribution in [0.25, 0.3) is 0 Å². The summed E-state index contributed by atoms with van der Waals surface area (Å²) in [7, 11) is 1.83. The molecule has 1 aliphatic rings. The van der Waals surface area contributed by atoms with Gasteiger partial charge in [-0.25, -0.2) is 4.98 Å². The van der Waals surface area contributed by atoms with Gasteiger partial charge >= 0.3 is 0 Å². The maximum Gasteiger partial charge on any atom is 0.193 e. The Kier molecular flexibility index (Phi) is 6.25. The highest BCUT2D eigenvalue weighted by Crippen LogP contribution is 2.08. The fourth-order valence-corrected chi connectivity index (χ4v) is 2.98. The van der Waals surface area contributed by atoms with E-state index in [1.165, 1.54) is 0 Å². The van der Waals surface area contributed by atoms with Crippen molar-refractivity contribution in [1.29, 1.82) is 0 Å². The van der Waals surface area contributed by atoms with Crippen molar-refractivity contribution in [2.45, 2.75) is 13.0 Å². The molecule has 1 aliphatic heterocycles. The quantitative estimate of drug-likeness (QED) is 0.495. The Balaban J connectivity index is 1.42. The van der Waals surface area contributed by atoms with Crippen LogP contribution in [0.2, 0.25) is 5.15 Å². The van der Waals surface area contributed by atoms with Crippen LogP contribution >= 0.6 is 11.6 Å². The summed E-state index contributed by atoms with van der Waals surface area (Å²) in [6, 6.07) is 5.74. The predicted octanol–water partition coefficient (Wildman–Crippen LogP) is 1.66. The summed E-state index contributed by atoms with van der Waals surface area (Å²) in [5, 5.41) is 7.93. The lowest BCUT2D eigenvalue weighted by Gasteiger charge is -2.36. The van der Waals surface area contributed by atoms with Gasteiger partial charge in [0.2, 0.25) is 0 Å². The monoisotopic (exact) mass is 362 g/mol. The molecule has 7 nitrogen and oxygen atoms in total. The van der Waals surface area contributed by atoms with Gasteiger partial charge in [0.05, 0.1) is 5.69 Å². The van der Waals surface area contributed by atoms with Gasteiger partial charge in [-0.1, -0.05) is 22.8 Å². The molecule has 0 unspecified atom stereocenters. The largest absolute Gasteiger partial charge is 0.364 e. The van der Waals surface area contributed by atoms with E-state index in [0.717, 1.165) is 62.9 Å². The van der Waals surface area contributed by atoms with Crippen LogP contribution < -0.4 is 5.32 Å². The van der Waals surface area contributed by atoms with Crippen molar-refractivity contribution in [3.63, 3.8) is 0 Å². The number of aliphatic imine (C=N–C) groups is 1. The van der Waals surface area contributed by atoms with E-state index in [9.17, 15) is 0 Å². The second-order valence-electron chi connectivity index (χ2n) is 5.97. The maximum atomic E-state index is 5.81. The number of rotatable bonds is 5. The number of nitrogens with one attached hydrogen (secondary N) is 1. The van der Waals surface area contributed by atoms with Gasteiger partial charge in [0.25, 0.3) is 0 Å². The molecular weight excluding hydrogens is 340 g/mol. The average molecular weight is 363 g/mol. The van der Waals surface area contributed by atoms with Crippen molar-refractivity contribution in [2.75, 3.05) is 39.8 Å². The highest BCUT2D eigenvalue weighted by molar-refractivity contribution is 6.29. The molecule has 3 heterocycles. The molecule has 25 heavy (non-hydrogen) atoms. The first-order chi connectivity index (χ1) is 12.2. The minimum Gasteiger partial charge on any atom is -0.364 e. The molecule has 2 aromatic rings. The summed E-state index contributed by atoms with van der Waals surface area (Å²) in [5.74, 6) is 0.947. The van der Waals surface area contributed by atoms with Crippen LogP contribution in [0.3, 0.4) is 0 Å². The van der Waals surface area contributed by atoms with Crippen molar-refractivity contribution in [3.8, 4) is 0 Å². The van der Waals surface area contributed by atoms with E-state index in [0.29, 0.717) is 5.15 Å². The molecule has 0 aliphatic carbocycles. The first-order valence-corrected chi connectivity index (χ1v) is 8.80. The summed E-state index contributed by atoms with van der Waals surface area (Å²) in [6.07, 6.45) is 4.32. The number of hydrogen-bond donors (Lipinski definition) is 1. The van der Waals surface area contributed by atoms with Gasteiger partial charge in [-0.3, -0.25) is 9.89 Å². The molecule has 0 bridgehead atoms. The van der Waals surface area contributed by atoms with Gasteiger partial charge in [0.15, 0.2) is 5.96 Å². The normalized spacial score (nSPS) is 16.2. The van der Waals surface area contributed by atoms with Crippen LogP contribution in [0.4, 0.5) is 0 Å². The average Bonchev–Trinajstić information content (AvgIpc) is 3.14. The summed E-state index contributed by atoms with van der Waals surface area (Å²) in [4.78, 5) is 13.2. The number of pyridine rings is 1. The van der Waals surface area contributed by atoms with E-state index in [1.807, 2.05) is 31.4 Å². The molecule has 2 aromatic heterocycles. The highest BCUT2D eigenvalue weighted by atomic mass is 35.5. The lowest BCUT2D eigenvalue weighted by atomic mass is 10.2. The molecule has 1 saturated heterocycles. The number of hydrogen-bond acceptors (Lipinski definition) is 5. The molecule has 0 aromatic carbocycles. The summed E-state index contributed by atoms with van der Waals surface area (Å²) in [6.45, 7) is 5.50. The van der Waals surface area contributed by atoms with Crippen molar-refractivity contribution in [3.05, 3.63) is 47.1 Å². The maximum absolute atomic E-state index is 5.81. The third-order valence-corrected chi connectivity index (χ3v) is 4.47. The van der Waals surface area contributed by atoms with Gasteiger partial charge in [-0.2, -0.15) is 0 Å². The summed E-state index contributed by atoms with van der Waals surface area (Å²) in [5.41, 5.74) is 2.14. The van der Waals surface area contributed by atoms with Crippen molar-refractivity contribution in [1.82, 2.24) is 25.3 Å². The first kappa shape index (κ1) is 17.7. The van der Waals surface area contributed by atoms with Gasteiger partial charge in [-0.15, -0.1) is 0 Å². The fraction of sp³-hybridized carbons (Fsp3) is 0.471.